The van der Waals surface area contributed by atoms with Gasteiger partial charge in [0, 0.05) is 17.2 Å². The first-order valence-corrected chi connectivity index (χ1v) is 11.7. The van der Waals surface area contributed by atoms with Gasteiger partial charge in [0.15, 0.2) is 5.78 Å². The largest absolute Gasteiger partial charge is 0.493 e. The summed E-state index contributed by atoms with van der Waals surface area (Å²) in [5.74, 6) is 2.15. The Labute approximate surface area is 198 Å². The minimum absolute atomic E-state index is 0.0828. The minimum Gasteiger partial charge on any atom is -0.493 e. The van der Waals surface area contributed by atoms with E-state index in [0.29, 0.717) is 37.6 Å². The molecule has 0 radical (unpaired) electrons. The Morgan fingerprint density at radius 3 is 2.21 bits per heavy atom. The lowest BCUT2D eigenvalue weighted by molar-refractivity contribution is 0.104. The number of ketones is 1. The zero-order chi connectivity index (χ0) is 23.9. The first-order valence-electron chi connectivity index (χ1n) is 11.7. The second kappa shape index (κ2) is 14.7. The van der Waals surface area contributed by atoms with E-state index >= 15 is 0 Å². The Kier molecular flexibility index (Phi) is 11.6. The van der Waals surface area contributed by atoms with Gasteiger partial charge in [0.1, 0.15) is 23.9 Å². The van der Waals surface area contributed by atoms with Gasteiger partial charge >= 0.3 is 0 Å². The van der Waals surface area contributed by atoms with Crippen molar-refractivity contribution in [1.29, 1.82) is 0 Å². The molecule has 0 aliphatic heterocycles. The van der Waals surface area contributed by atoms with Crippen molar-refractivity contribution >= 4 is 11.9 Å². The van der Waals surface area contributed by atoms with E-state index in [9.17, 15) is 4.79 Å². The van der Waals surface area contributed by atoms with Crippen LogP contribution in [0.15, 0.2) is 67.8 Å². The number of unbranched alkanes of at least 4 members (excludes halogenated alkanes) is 2. The SMILES string of the molecule is C=CCOc1ccc(C(=O)C=Cc2cc(OCCCC)cc(OCCCC)c2CC=C)cc1. The first-order chi connectivity index (χ1) is 16.1. The molecule has 0 fully saturated rings. The molecule has 0 aromatic heterocycles. The van der Waals surface area contributed by atoms with Gasteiger partial charge in [-0.1, -0.05) is 51.5 Å². The number of carbonyl (C=O) groups is 1. The normalized spacial score (nSPS) is 10.7. The van der Waals surface area contributed by atoms with Crippen LogP contribution in [0.5, 0.6) is 17.2 Å². The molecule has 0 saturated carbocycles. The van der Waals surface area contributed by atoms with Crippen molar-refractivity contribution in [3.05, 3.63) is 84.5 Å². The van der Waals surface area contributed by atoms with Crippen LogP contribution in [0.1, 0.15) is 61.0 Å². The number of rotatable bonds is 16. The smallest absolute Gasteiger partial charge is 0.185 e. The van der Waals surface area contributed by atoms with E-state index in [-0.39, 0.29) is 5.78 Å². The fourth-order valence-electron chi connectivity index (χ4n) is 3.16. The van der Waals surface area contributed by atoms with Crippen LogP contribution in [0.3, 0.4) is 0 Å². The monoisotopic (exact) mass is 448 g/mol. The summed E-state index contributed by atoms with van der Waals surface area (Å²) in [5, 5.41) is 0. The number of allylic oxidation sites excluding steroid dienone is 2. The minimum atomic E-state index is -0.0828. The molecular weight excluding hydrogens is 412 g/mol. The van der Waals surface area contributed by atoms with E-state index in [4.69, 9.17) is 14.2 Å². The number of benzene rings is 2. The molecule has 0 amide bonds. The van der Waals surface area contributed by atoms with Gasteiger partial charge in [-0.2, -0.15) is 0 Å². The lowest BCUT2D eigenvalue weighted by Crippen LogP contribution is -2.04. The molecule has 0 atom stereocenters. The quantitative estimate of drug-likeness (QED) is 0.118. The average molecular weight is 449 g/mol. The molecule has 0 aliphatic carbocycles. The van der Waals surface area contributed by atoms with Crippen molar-refractivity contribution in [3.63, 3.8) is 0 Å². The third-order valence-electron chi connectivity index (χ3n) is 5.01. The lowest BCUT2D eigenvalue weighted by atomic mass is 10.0. The average Bonchev–Trinajstić information content (AvgIpc) is 2.83. The van der Waals surface area contributed by atoms with E-state index < -0.39 is 0 Å². The number of hydrogen-bond donors (Lipinski definition) is 0. The molecule has 4 heteroatoms. The molecule has 4 nitrogen and oxygen atoms in total. The summed E-state index contributed by atoms with van der Waals surface area (Å²) in [6.07, 6.45) is 11.7. The molecule has 176 valence electrons. The second-order valence-corrected chi connectivity index (χ2v) is 7.71. The summed E-state index contributed by atoms with van der Waals surface area (Å²) in [7, 11) is 0. The molecule has 0 bridgehead atoms. The summed E-state index contributed by atoms with van der Waals surface area (Å²) in [4.78, 5) is 12.8. The lowest BCUT2D eigenvalue weighted by Gasteiger charge is -2.16. The Hall–Kier alpha value is -3.27. The second-order valence-electron chi connectivity index (χ2n) is 7.71. The summed E-state index contributed by atoms with van der Waals surface area (Å²) in [5.41, 5.74) is 2.49. The van der Waals surface area contributed by atoms with Crippen LogP contribution in [0.25, 0.3) is 6.08 Å². The van der Waals surface area contributed by atoms with Crippen molar-refractivity contribution in [2.45, 2.75) is 46.0 Å². The van der Waals surface area contributed by atoms with Crippen LogP contribution >= 0.6 is 0 Å². The molecule has 0 aliphatic rings. The molecule has 2 rings (SSSR count). The van der Waals surface area contributed by atoms with Crippen LogP contribution in [-0.4, -0.2) is 25.6 Å². The summed E-state index contributed by atoms with van der Waals surface area (Å²) >= 11 is 0. The Balaban J connectivity index is 2.29. The summed E-state index contributed by atoms with van der Waals surface area (Å²) in [6.45, 7) is 13.5. The first kappa shape index (κ1) is 26.0. The fraction of sp³-hybridized carbons (Fsp3) is 0.345. The van der Waals surface area contributed by atoms with Crippen LogP contribution < -0.4 is 14.2 Å². The van der Waals surface area contributed by atoms with Gasteiger partial charge in [0.2, 0.25) is 0 Å². The third-order valence-corrected chi connectivity index (χ3v) is 5.01. The molecule has 2 aromatic rings. The number of carbonyl (C=O) groups excluding carboxylic acids is 1. The van der Waals surface area contributed by atoms with Crippen LogP contribution in [0.4, 0.5) is 0 Å². The van der Waals surface area contributed by atoms with E-state index in [2.05, 4.69) is 27.0 Å². The van der Waals surface area contributed by atoms with Gasteiger partial charge in [-0.05, 0) is 61.2 Å². The van der Waals surface area contributed by atoms with E-state index in [1.54, 1.807) is 36.4 Å². The molecule has 0 heterocycles. The Bertz CT molecular complexity index is 925. The van der Waals surface area contributed by atoms with Crippen molar-refractivity contribution < 1.29 is 19.0 Å². The van der Waals surface area contributed by atoms with E-state index in [1.807, 2.05) is 24.3 Å². The van der Waals surface area contributed by atoms with Gasteiger partial charge in [0.25, 0.3) is 0 Å². The van der Waals surface area contributed by atoms with Gasteiger partial charge in [-0.25, -0.2) is 0 Å². The topological polar surface area (TPSA) is 44.8 Å². The van der Waals surface area contributed by atoms with Crippen molar-refractivity contribution in [3.8, 4) is 17.2 Å². The van der Waals surface area contributed by atoms with Gasteiger partial charge in [-0.15, -0.1) is 6.58 Å². The molecule has 0 N–H and O–H groups in total. The fourth-order valence-corrected chi connectivity index (χ4v) is 3.16. The van der Waals surface area contributed by atoms with E-state index in [0.717, 1.165) is 48.3 Å². The third kappa shape index (κ3) is 8.64. The van der Waals surface area contributed by atoms with E-state index in [1.165, 1.54) is 0 Å². The summed E-state index contributed by atoms with van der Waals surface area (Å²) in [6, 6.07) is 11.0. The Morgan fingerprint density at radius 1 is 0.879 bits per heavy atom. The predicted octanol–water partition coefficient (Wildman–Crippen LogP) is 7.23. The maximum atomic E-state index is 12.8. The van der Waals surface area contributed by atoms with Crippen molar-refractivity contribution in [1.82, 2.24) is 0 Å². The predicted molar refractivity (Wildman–Crippen MR) is 137 cm³/mol. The molecule has 33 heavy (non-hydrogen) atoms. The number of hydrogen-bond acceptors (Lipinski definition) is 4. The molecule has 2 aromatic carbocycles. The highest BCUT2D eigenvalue weighted by Gasteiger charge is 2.12. The van der Waals surface area contributed by atoms with Crippen molar-refractivity contribution in [2.24, 2.45) is 0 Å². The zero-order valence-electron chi connectivity index (χ0n) is 20.0. The molecule has 0 saturated heterocycles. The molecule has 0 unspecified atom stereocenters. The van der Waals surface area contributed by atoms with Crippen LogP contribution in [0.2, 0.25) is 0 Å². The van der Waals surface area contributed by atoms with Crippen LogP contribution in [0, 0.1) is 0 Å². The highest BCUT2D eigenvalue weighted by atomic mass is 16.5. The van der Waals surface area contributed by atoms with Gasteiger partial charge in [0.05, 0.1) is 13.2 Å². The molecular formula is C29H36O4. The maximum absolute atomic E-state index is 12.8. The number of ether oxygens (including phenoxy) is 3. The summed E-state index contributed by atoms with van der Waals surface area (Å²) < 4.78 is 17.5. The maximum Gasteiger partial charge on any atom is 0.185 e. The highest BCUT2D eigenvalue weighted by Crippen LogP contribution is 2.31. The van der Waals surface area contributed by atoms with Crippen LogP contribution in [-0.2, 0) is 6.42 Å². The zero-order valence-corrected chi connectivity index (χ0v) is 20.0. The van der Waals surface area contributed by atoms with Gasteiger partial charge in [-0.3, -0.25) is 4.79 Å². The van der Waals surface area contributed by atoms with Gasteiger partial charge < -0.3 is 14.2 Å². The standard InChI is InChI=1S/C29H36O4/c1-5-9-19-32-26-21-24(27(11-7-3)29(22-26)33-20-10-6-2)14-17-28(30)23-12-15-25(16-13-23)31-18-8-4/h7-8,12-17,21-22H,3-6,9-11,18-20H2,1-2H3. The highest BCUT2D eigenvalue weighted by molar-refractivity contribution is 6.07. The molecule has 0 spiro atoms. The Morgan fingerprint density at radius 2 is 1.58 bits per heavy atom. The van der Waals surface area contributed by atoms with Crippen molar-refractivity contribution in [2.75, 3.05) is 19.8 Å².